The van der Waals surface area contributed by atoms with E-state index in [1.165, 1.54) is 18.3 Å². The van der Waals surface area contributed by atoms with E-state index in [0.717, 1.165) is 11.3 Å². The molecule has 0 unspecified atom stereocenters. The van der Waals surface area contributed by atoms with E-state index in [1.807, 2.05) is 37.4 Å². The number of cyclic esters (lactones) is 1. The highest BCUT2D eigenvalue weighted by molar-refractivity contribution is 7.14. The van der Waals surface area contributed by atoms with E-state index in [2.05, 4.69) is 4.98 Å². The van der Waals surface area contributed by atoms with Crippen molar-refractivity contribution in [1.82, 2.24) is 4.98 Å². The molecule has 6 heteroatoms. The molecule has 1 amide bonds. The number of thiazole rings is 1. The molecule has 0 N–H and O–H groups in total. The Balaban J connectivity index is 1.96. The standard InChI is InChI=1S/C16H16N2O3S/c1-10(19)11-5-4-6-12(7-11)13-8-22-14(17-13)18-15(20)21-9-16(18,2)3/h4-8H,9H2,1-3H3. The molecule has 0 aliphatic carbocycles. The minimum absolute atomic E-state index is 0.0153. The number of Topliss-reactive ketones (excluding diaryl/α,β-unsaturated/α-hetero) is 1. The second kappa shape index (κ2) is 5.21. The highest BCUT2D eigenvalue weighted by atomic mass is 32.1. The summed E-state index contributed by atoms with van der Waals surface area (Å²) in [6.07, 6.45) is -0.372. The van der Waals surface area contributed by atoms with Gasteiger partial charge in [0.25, 0.3) is 0 Å². The van der Waals surface area contributed by atoms with Gasteiger partial charge in [0, 0.05) is 16.5 Å². The summed E-state index contributed by atoms with van der Waals surface area (Å²) in [4.78, 5) is 29.5. The first-order valence-corrected chi connectivity index (χ1v) is 7.80. The van der Waals surface area contributed by atoms with E-state index < -0.39 is 5.54 Å². The molecule has 0 spiro atoms. The zero-order valence-corrected chi connectivity index (χ0v) is 13.4. The molecule has 5 nitrogen and oxygen atoms in total. The number of hydrogen-bond donors (Lipinski definition) is 0. The van der Waals surface area contributed by atoms with Crippen LogP contribution >= 0.6 is 11.3 Å². The van der Waals surface area contributed by atoms with E-state index >= 15 is 0 Å². The van der Waals surface area contributed by atoms with Crippen LogP contribution in [0.1, 0.15) is 31.1 Å². The third-order valence-electron chi connectivity index (χ3n) is 3.58. The number of benzene rings is 1. The monoisotopic (exact) mass is 316 g/mol. The van der Waals surface area contributed by atoms with Crippen LogP contribution < -0.4 is 4.90 Å². The van der Waals surface area contributed by atoms with E-state index in [4.69, 9.17) is 4.74 Å². The Morgan fingerprint density at radius 1 is 1.41 bits per heavy atom. The molecule has 2 heterocycles. The van der Waals surface area contributed by atoms with Crippen LogP contribution in [0.25, 0.3) is 11.3 Å². The molecule has 1 fully saturated rings. The lowest BCUT2D eigenvalue weighted by Gasteiger charge is -2.24. The molecule has 0 bridgehead atoms. The van der Waals surface area contributed by atoms with Crippen LogP contribution in [-0.4, -0.2) is 29.0 Å². The molecule has 0 saturated carbocycles. The summed E-state index contributed by atoms with van der Waals surface area (Å²) in [5, 5.41) is 2.49. The topological polar surface area (TPSA) is 59.5 Å². The Labute approximate surface area is 132 Å². The van der Waals surface area contributed by atoms with Crippen LogP contribution in [-0.2, 0) is 4.74 Å². The van der Waals surface area contributed by atoms with Gasteiger partial charge in [-0.2, -0.15) is 0 Å². The van der Waals surface area contributed by atoms with Gasteiger partial charge < -0.3 is 4.74 Å². The van der Waals surface area contributed by atoms with Gasteiger partial charge in [-0.05, 0) is 26.8 Å². The van der Waals surface area contributed by atoms with Crippen molar-refractivity contribution in [2.24, 2.45) is 0 Å². The summed E-state index contributed by atoms with van der Waals surface area (Å²) in [6, 6.07) is 7.33. The van der Waals surface area contributed by atoms with Crippen molar-refractivity contribution < 1.29 is 14.3 Å². The fourth-order valence-electron chi connectivity index (χ4n) is 2.35. The number of amides is 1. The number of aromatic nitrogens is 1. The lowest BCUT2D eigenvalue weighted by molar-refractivity contribution is 0.101. The van der Waals surface area contributed by atoms with Crippen LogP contribution in [0.3, 0.4) is 0 Å². The van der Waals surface area contributed by atoms with Gasteiger partial charge in [-0.15, -0.1) is 11.3 Å². The molecule has 1 aromatic carbocycles. The summed E-state index contributed by atoms with van der Waals surface area (Å²) in [7, 11) is 0. The zero-order valence-electron chi connectivity index (χ0n) is 12.6. The van der Waals surface area contributed by atoms with Crippen LogP contribution in [0.5, 0.6) is 0 Å². The SMILES string of the molecule is CC(=O)c1cccc(-c2csc(N3C(=O)OCC3(C)C)n2)c1. The highest BCUT2D eigenvalue weighted by Crippen LogP contribution is 2.35. The second-order valence-electron chi connectivity index (χ2n) is 5.85. The van der Waals surface area contributed by atoms with Gasteiger partial charge in [-0.1, -0.05) is 18.2 Å². The Hall–Kier alpha value is -2.21. The van der Waals surface area contributed by atoms with Gasteiger partial charge in [0.15, 0.2) is 10.9 Å². The van der Waals surface area contributed by atoms with E-state index in [0.29, 0.717) is 17.3 Å². The van der Waals surface area contributed by atoms with Crippen molar-refractivity contribution in [3.63, 3.8) is 0 Å². The number of hydrogen-bond acceptors (Lipinski definition) is 5. The third kappa shape index (κ3) is 2.50. The zero-order chi connectivity index (χ0) is 15.9. The molecular formula is C16H16N2O3S. The van der Waals surface area contributed by atoms with Crippen LogP contribution in [0.15, 0.2) is 29.6 Å². The second-order valence-corrected chi connectivity index (χ2v) is 6.69. The van der Waals surface area contributed by atoms with Crippen molar-refractivity contribution in [1.29, 1.82) is 0 Å². The van der Waals surface area contributed by atoms with Gasteiger partial charge in [0.2, 0.25) is 0 Å². The molecule has 1 aliphatic heterocycles. The van der Waals surface area contributed by atoms with Crippen LogP contribution in [0.4, 0.5) is 9.93 Å². The number of rotatable bonds is 3. The Kier molecular flexibility index (Phi) is 3.48. The average Bonchev–Trinajstić information content (AvgIpc) is 3.04. The maximum Gasteiger partial charge on any atom is 0.416 e. The Morgan fingerprint density at radius 2 is 2.18 bits per heavy atom. The van der Waals surface area contributed by atoms with Crippen LogP contribution in [0, 0.1) is 0 Å². The van der Waals surface area contributed by atoms with E-state index in [1.54, 1.807) is 11.0 Å². The molecule has 0 atom stereocenters. The van der Waals surface area contributed by atoms with Gasteiger partial charge in [-0.3, -0.25) is 4.79 Å². The van der Waals surface area contributed by atoms with E-state index in [-0.39, 0.29) is 11.9 Å². The number of anilines is 1. The number of ketones is 1. The first-order valence-electron chi connectivity index (χ1n) is 6.92. The minimum atomic E-state index is -0.409. The Bertz CT molecular complexity index is 751. The summed E-state index contributed by atoms with van der Waals surface area (Å²) < 4.78 is 5.11. The molecule has 1 aromatic heterocycles. The predicted octanol–water partition coefficient (Wildman–Crippen LogP) is 3.75. The first-order chi connectivity index (χ1) is 10.4. The summed E-state index contributed by atoms with van der Waals surface area (Å²) in [5.41, 5.74) is 1.85. The summed E-state index contributed by atoms with van der Waals surface area (Å²) in [6.45, 7) is 5.76. The largest absolute Gasteiger partial charge is 0.447 e. The first kappa shape index (κ1) is 14.7. The number of carbonyl (C=O) groups excluding carboxylic acids is 2. The smallest absolute Gasteiger partial charge is 0.416 e. The fraction of sp³-hybridized carbons (Fsp3) is 0.312. The number of nitrogens with zero attached hydrogens (tertiary/aromatic N) is 2. The van der Waals surface area contributed by atoms with Gasteiger partial charge in [0.05, 0.1) is 11.2 Å². The quantitative estimate of drug-likeness (QED) is 0.809. The minimum Gasteiger partial charge on any atom is -0.447 e. The molecule has 1 saturated heterocycles. The molecule has 3 rings (SSSR count). The Morgan fingerprint density at radius 3 is 2.82 bits per heavy atom. The lowest BCUT2D eigenvalue weighted by atomic mass is 10.1. The van der Waals surface area contributed by atoms with Crippen molar-refractivity contribution in [3.05, 3.63) is 35.2 Å². The number of carbonyl (C=O) groups is 2. The maximum absolute atomic E-state index is 11.9. The van der Waals surface area contributed by atoms with Crippen molar-refractivity contribution >= 4 is 28.3 Å². The molecule has 22 heavy (non-hydrogen) atoms. The highest BCUT2D eigenvalue weighted by Gasteiger charge is 2.42. The summed E-state index contributed by atoms with van der Waals surface area (Å²) >= 11 is 1.39. The average molecular weight is 316 g/mol. The van der Waals surface area contributed by atoms with Crippen molar-refractivity contribution in [2.75, 3.05) is 11.5 Å². The predicted molar refractivity (Wildman–Crippen MR) is 85.5 cm³/mol. The van der Waals surface area contributed by atoms with Gasteiger partial charge >= 0.3 is 6.09 Å². The van der Waals surface area contributed by atoms with Crippen molar-refractivity contribution in [2.45, 2.75) is 26.3 Å². The number of ether oxygens (including phenoxy) is 1. The molecule has 2 aromatic rings. The third-order valence-corrected chi connectivity index (χ3v) is 4.41. The lowest BCUT2D eigenvalue weighted by Crippen LogP contribution is -2.42. The van der Waals surface area contributed by atoms with Gasteiger partial charge in [-0.25, -0.2) is 14.7 Å². The molecule has 114 valence electrons. The van der Waals surface area contributed by atoms with Crippen LogP contribution in [0.2, 0.25) is 0 Å². The maximum atomic E-state index is 11.9. The summed E-state index contributed by atoms with van der Waals surface area (Å²) in [5.74, 6) is 0.0153. The fourth-order valence-corrected chi connectivity index (χ4v) is 3.33. The van der Waals surface area contributed by atoms with E-state index in [9.17, 15) is 9.59 Å². The molecular weight excluding hydrogens is 300 g/mol. The van der Waals surface area contributed by atoms with Gasteiger partial charge in [0.1, 0.15) is 6.61 Å². The molecule has 1 aliphatic rings. The van der Waals surface area contributed by atoms with Crippen molar-refractivity contribution in [3.8, 4) is 11.3 Å². The molecule has 0 radical (unpaired) electrons. The normalized spacial score (nSPS) is 16.7.